The Bertz CT molecular complexity index is 1140. The van der Waals surface area contributed by atoms with Crippen LogP contribution in [0.2, 0.25) is 0 Å². The van der Waals surface area contributed by atoms with E-state index >= 15 is 0 Å². The molecule has 0 aliphatic heterocycles. The number of hydrogen-bond acceptors (Lipinski definition) is 6. The average Bonchev–Trinajstić information content (AvgIpc) is 2.74. The molecule has 0 heterocycles. The maximum Gasteiger partial charge on any atom is 0.339 e. The summed E-state index contributed by atoms with van der Waals surface area (Å²) in [5.74, 6) is 0.618. The zero-order valence-corrected chi connectivity index (χ0v) is 17.2. The number of methoxy groups -OCH3 is 1. The van der Waals surface area contributed by atoms with Gasteiger partial charge in [-0.15, -0.1) is 0 Å². The van der Waals surface area contributed by atoms with Crippen molar-refractivity contribution in [2.75, 3.05) is 12.4 Å². The molecule has 1 N–H and O–H groups in total. The Morgan fingerprint density at radius 3 is 2.07 bits per heavy atom. The molecule has 0 spiro atoms. The molecule has 0 unspecified atom stereocenters. The van der Waals surface area contributed by atoms with E-state index in [9.17, 15) is 13.2 Å². The van der Waals surface area contributed by atoms with Crippen LogP contribution in [0.5, 0.6) is 11.5 Å². The van der Waals surface area contributed by atoms with Crippen molar-refractivity contribution in [3.63, 3.8) is 0 Å². The number of nitrogens with one attached hydrogen (secondary N) is 1. The fourth-order valence-corrected chi connectivity index (χ4v) is 3.44. The van der Waals surface area contributed by atoms with Gasteiger partial charge in [0.25, 0.3) is 0 Å². The topological polar surface area (TPSA) is 94.1 Å². The molecule has 0 bridgehead atoms. The van der Waals surface area contributed by atoms with Crippen LogP contribution in [0.3, 0.4) is 0 Å². The number of anilines is 1. The fraction of sp³-hybridized carbons (Fsp3) is 0.0909. The molecule has 154 valence electrons. The third-order valence-electron chi connectivity index (χ3n) is 3.98. The Balaban J connectivity index is 1.65. The fourth-order valence-electron chi connectivity index (χ4n) is 2.51. The lowest BCUT2D eigenvalue weighted by molar-refractivity contribution is -0.114. The van der Waals surface area contributed by atoms with Gasteiger partial charge >= 0.3 is 10.1 Å². The third kappa shape index (κ3) is 5.68. The Hall–Kier alpha value is -3.65. The van der Waals surface area contributed by atoms with Crippen LogP contribution in [0.1, 0.15) is 12.5 Å². The quantitative estimate of drug-likeness (QED) is 0.454. The molecule has 0 atom stereocenters. The number of carbonyl (C=O) groups is 1. The average molecular weight is 424 g/mol. The lowest BCUT2D eigenvalue weighted by atomic mass is 10.2. The lowest BCUT2D eigenvalue weighted by Crippen LogP contribution is -2.09. The molecular formula is C22H20N2O5S. The molecule has 1 amide bonds. The van der Waals surface area contributed by atoms with Crippen molar-refractivity contribution in [2.45, 2.75) is 11.8 Å². The number of hydrogen-bond donors (Lipinski definition) is 1. The Labute approximate surface area is 175 Å². The van der Waals surface area contributed by atoms with Crippen LogP contribution in [-0.2, 0) is 14.9 Å². The summed E-state index contributed by atoms with van der Waals surface area (Å²) in [5, 5.41) is 2.69. The van der Waals surface area contributed by atoms with Crippen molar-refractivity contribution >= 4 is 33.6 Å². The van der Waals surface area contributed by atoms with Crippen LogP contribution < -0.4 is 14.2 Å². The van der Waals surface area contributed by atoms with Crippen LogP contribution in [0, 0.1) is 0 Å². The summed E-state index contributed by atoms with van der Waals surface area (Å²) in [6.07, 6.45) is 1.65. The van der Waals surface area contributed by atoms with Gasteiger partial charge in [0.05, 0.1) is 12.8 Å². The predicted molar refractivity (Wildman–Crippen MR) is 115 cm³/mol. The number of nitrogens with zero attached hydrogens (tertiary/aromatic N) is 1. The molecule has 8 heteroatoms. The molecule has 7 nitrogen and oxygen atoms in total. The van der Waals surface area contributed by atoms with Gasteiger partial charge in [-0.2, -0.15) is 8.42 Å². The minimum absolute atomic E-state index is 0.0386. The number of aliphatic imine (C=N–C) groups is 1. The Morgan fingerprint density at radius 1 is 0.900 bits per heavy atom. The molecule has 30 heavy (non-hydrogen) atoms. The summed E-state index contributed by atoms with van der Waals surface area (Å²) in [5.41, 5.74) is 2.18. The van der Waals surface area contributed by atoms with Crippen molar-refractivity contribution in [1.29, 1.82) is 0 Å². The second-order valence-corrected chi connectivity index (χ2v) is 7.81. The summed E-state index contributed by atoms with van der Waals surface area (Å²) in [6.45, 7) is 1.45. The Morgan fingerprint density at radius 2 is 1.50 bits per heavy atom. The maximum atomic E-state index is 12.4. The second kappa shape index (κ2) is 9.23. The van der Waals surface area contributed by atoms with Crippen molar-refractivity contribution in [3.8, 4) is 11.5 Å². The lowest BCUT2D eigenvalue weighted by Gasteiger charge is -2.08. The summed E-state index contributed by atoms with van der Waals surface area (Å²) in [7, 11) is -2.43. The number of rotatable bonds is 7. The van der Waals surface area contributed by atoms with Crippen LogP contribution in [0.15, 0.2) is 82.7 Å². The van der Waals surface area contributed by atoms with Crippen LogP contribution >= 0.6 is 0 Å². The largest absolute Gasteiger partial charge is 0.497 e. The molecule has 0 aromatic heterocycles. The predicted octanol–water partition coefficient (Wildman–Crippen LogP) is 4.17. The van der Waals surface area contributed by atoms with Gasteiger partial charge in [-0.25, -0.2) is 0 Å². The van der Waals surface area contributed by atoms with E-state index in [0.29, 0.717) is 17.1 Å². The van der Waals surface area contributed by atoms with Gasteiger partial charge in [-0.05, 0) is 78.4 Å². The number of benzene rings is 3. The molecule has 0 fully saturated rings. The van der Waals surface area contributed by atoms with Crippen LogP contribution in [0.4, 0.5) is 11.4 Å². The molecular weight excluding hydrogens is 404 g/mol. The van der Waals surface area contributed by atoms with Crippen molar-refractivity contribution < 1.29 is 22.1 Å². The standard InChI is InChI=1S/C22H20N2O5S/c1-16(25)24-19-7-5-18(6-8-19)23-15-17-3-9-21(10-4-17)29-30(26,27)22-13-11-20(28-2)12-14-22/h3-15H,1-2H3,(H,24,25). The minimum atomic E-state index is -3.94. The normalized spacial score (nSPS) is 11.3. The molecule has 3 rings (SSSR count). The number of amides is 1. The summed E-state index contributed by atoms with van der Waals surface area (Å²) in [4.78, 5) is 15.4. The smallest absolute Gasteiger partial charge is 0.339 e. The van der Waals surface area contributed by atoms with E-state index in [1.807, 2.05) is 0 Å². The van der Waals surface area contributed by atoms with Crippen LogP contribution in [-0.4, -0.2) is 27.6 Å². The van der Waals surface area contributed by atoms with E-state index in [1.165, 1.54) is 26.2 Å². The molecule has 0 saturated heterocycles. The molecule has 0 aliphatic carbocycles. The van der Waals surface area contributed by atoms with Gasteiger partial charge < -0.3 is 14.2 Å². The minimum Gasteiger partial charge on any atom is -0.497 e. The second-order valence-electron chi connectivity index (χ2n) is 6.27. The zero-order valence-electron chi connectivity index (χ0n) is 16.4. The first kappa shape index (κ1) is 21.1. The first-order valence-corrected chi connectivity index (χ1v) is 10.4. The van der Waals surface area contributed by atoms with E-state index in [-0.39, 0.29) is 16.6 Å². The summed E-state index contributed by atoms with van der Waals surface area (Å²) >= 11 is 0. The summed E-state index contributed by atoms with van der Waals surface area (Å²) < 4.78 is 35.0. The molecule has 3 aromatic rings. The van der Waals surface area contributed by atoms with Gasteiger partial charge in [0.15, 0.2) is 0 Å². The zero-order chi connectivity index (χ0) is 21.6. The highest BCUT2D eigenvalue weighted by molar-refractivity contribution is 7.87. The number of ether oxygens (including phenoxy) is 1. The van der Waals surface area contributed by atoms with Crippen molar-refractivity contribution in [1.82, 2.24) is 0 Å². The molecule has 0 radical (unpaired) electrons. The first-order chi connectivity index (χ1) is 14.4. The SMILES string of the molecule is COc1ccc(S(=O)(=O)Oc2ccc(C=Nc3ccc(NC(C)=O)cc3)cc2)cc1. The van der Waals surface area contributed by atoms with Crippen molar-refractivity contribution in [3.05, 3.63) is 78.4 Å². The van der Waals surface area contributed by atoms with E-state index < -0.39 is 10.1 Å². The molecule has 0 aliphatic rings. The van der Waals surface area contributed by atoms with Gasteiger partial charge in [0, 0.05) is 18.8 Å². The highest BCUT2D eigenvalue weighted by atomic mass is 32.2. The highest BCUT2D eigenvalue weighted by Gasteiger charge is 2.16. The summed E-state index contributed by atoms with van der Waals surface area (Å²) in [6, 6.07) is 19.5. The monoisotopic (exact) mass is 424 g/mol. The molecule has 3 aromatic carbocycles. The van der Waals surface area contributed by atoms with E-state index in [0.717, 1.165) is 5.56 Å². The van der Waals surface area contributed by atoms with E-state index in [2.05, 4.69) is 10.3 Å². The highest BCUT2D eigenvalue weighted by Crippen LogP contribution is 2.21. The van der Waals surface area contributed by atoms with Gasteiger partial charge in [0.1, 0.15) is 16.4 Å². The number of carbonyl (C=O) groups excluding carboxylic acids is 1. The van der Waals surface area contributed by atoms with E-state index in [1.54, 1.807) is 66.9 Å². The third-order valence-corrected chi connectivity index (χ3v) is 5.25. The van der Waals surface area contributed by atoms with Gasteiger partial charge in [-0.3, -0.25) is 9.79 Å². The van der Waals surface area contributed by atoms with Crippen LogP contribution in [0.25, 0.3) is 0 Å². The molecule has 0 saturated carbocycles. The van der Waals surface area contributed by atoms with Gasteiger partial charge in [-0.1, -0.05) is 0 Å². The van der Waals surface area contributed by atoms with Gasteiger partial charge in [0.2, 0.25) is 5.91 Å². The van der Waals surface area contributed by atoms with Crippen molar-refractivity contribution in [2.24, 2.45) is 4.99 Å². The first-order valence-electron chi connectivity index (χ1n) is 8.96. The van der Waals surface area contributed by atoms with E-state index in [4.69, 9.17) is 8.92 Å². The maximum absolute atomic E-state index is 12.4. The Kier molecular flexibility index (Phi) is 6.48.